The summed E-state index contributed by atoms with van der Waals surface area (Å²) in [7, 11) is 1.42. The maximum atomic E-state index is 6.11. The van der Waals surface area contributed by atoms with Crippen molar-refractivity contribution in [3.05, 3.63) is 0 Å². The third kappa shape index (κ3) is 2.28. The summed E-state index contributed by atoms with van der Waals surface area (Å²) in [6.07, 6.45) is 6.99. The van der Waals surface area contributed by atoms with Gasteiger partial charge in [0.15, 0.2) is 0 Å². The van der Waals surface area contributed by atoms with Crippen molar-refractivity contribution in [3.8, 4) is 0 Å². The molecule has 0 aromatic carbocycles. The normalized spacial score (nSPS) is 40.4. The number of fused-ring (bicyclic) bond motifs is 2. The molecule has 2 aliphatic heterocycles. The van der Waals surface area contributed by atoms with Crippen molar-refractivity contribution < 1.29 is 4.74 Å². The summed E-state index contributed by atoms with van der Waals surface area (Å²) in [6, 6.07) is 0.998. The van der Waals surface area contributed by atoms with Gasteiger partial charge in [0.1, 0.15) is 13.4 Å². The van der Waals surface area contributed by atoms with Crippen LogP contribution in [-0.4, -0.2) is 35.5 Å². The molecule has 3 rings (SSSR count). The molecule has 3 fully saturated rings. The van der Waals surface area contributed by atoms with Gasteiger partial charge in [-0.1, -0.05) is 44.2 Å². The highest BCUT2D eigenvalue weighted by Crippen LogP contribution is 2.68. The maximum absolute atomic E-state index is 6.11. The van der Waals surface area contributed by atoms with Gasteiger partial charge in [0.25, 0.3) is 5.17 Å². The summed E-state index contributed by atoms with van der Waals surface area (Å²) < 4.78 is 6.11. The van der Waals surface area contributed by atoms with Crippen LogP contribution in [0.2, 0.25) is 11.1 Å². The van der Waals surface area contributed by atoms with Gasteiger partial charge in [0, 0.05) is 6.04 Å². The molecule has 1 saturated carbocycles. The molecule has 0 amide bonds. The lowest BCUT2D eigenvalue weighted by atomic mass is 9.75. The second-order valence-corrected chi connectivity index (χ2v) is 8.11. The van der Waals surface area contributed by atoms with Gasteiger partial charge < -0.3 is 9.64 Å². The van der Waals surface area contributed by atoms with Crippen molar-refractivity contribution in [2.24, 2.45) is 5.92 Å². The molecule has 4 heteroatoms. The molecule has 0 bridgehead atoms. The first-order chi connectivity index (χ1) is 9.45. The fourth-order valence-electron chi connectivity index (χ4n) is 4.82. The monoisotopic (exact) mass is 293 g/mol. The van der Waals surface area contributed by atoms with Gasteiger partial charge in [-0.05, 0) is 44.8 Å². The Morgan fingerprint density at radius 3 is 2.70 bits per heavy atom. The van der Waals surface area contributed by atoms with Gasteiger partial charge >= 0.3 is 0 Å². The van der Waals surface area contributed by atoms with Gasteiger partial charge in [-0.25, -0.2) is 0 Å². The van der Waals surface area contributed by atoms with Crippen LogP contribution in [0.25, 0.3) is 0 Å². The van der Waals surface area contributed by atoms with E-state index in [4.69, 9.17) is 17.0 Å². The van der Waals surface area contributed by atoms with E-state index < -0.39 is 0 Å². The van der Waals surface area contributed by atoms with Crippen molar-refractivity contribution in [1.29, 1.82) is 0 Å². The fourth-order valence-corrected chi connectivity index (χ4v) is 5.29. The Morgan fingerprint density at radius 2 is 2.05 bits per heavy atom. The van der Waals surface area contributed by atoms with Gasteiger partial charge in [-0.2, -0.15) is 0 Å². The zero-order valence-electron chi connectivity index (χ0n) is 13.4. The molecule has 0 radical (unpaired) electrons. The Labute approximate surface area is 129 Å². The van der Waals surface area contributed by atoms with Crippen LogP contribution in [0, 0.1) is 5.92 Å². The van der Waals surface area contributed by atoms with Crippen molar-refractivity contribution in [2.45, 2.75) is 89.1 Å². The minimum Gasteiger partial charge on any atom is -0.465 e. The second-order valence-electron chi connectivity index (χ2n) is 7.76. The number of thiocarbonyl (C=S) groups is 1. The van der Waals surface area contributed by atoms with Crippen LogP contribution in [0.1, 0.15) is 59.8 Å². The first-order valence-electron chi connectivity index (χ1n) is 8.44. The van der Waals surface area contributed by atoms with Crippen molar-refractivity contribution >= 4 is 24.7 Å². The van der Waals surface area contributed by atoms with E-state index in [1.807, 2.05) is 0 Å². The maximum Gasteiger partial charge on any atom is 0.260 e. The summed E-state index contributed by atoms with van der Waals surface area (Å²) in [5.41, 5.74) is 0. The Balaban J connectivity index is 1.78. The fraction of sp³-hybridized carbons (Fsp3) is 0.938. The van der Waals surface area contributed by atoms with E-state index in [1.165, 1.54) is 39.4 Å². The molecule has 2 heterocycles. The van der Waals surface area contributed by atoms with Crippen molar-refractivity contribution in [2.75, 3.05) is 0 Å². The van der Waals surface area contributed by atoms with E-state index in [-0.39, 0.29) is 0 Å². The smallest absolute Gasteiger partial charge is 0.260 e. The lowest BCUT2D eigenvalue weighted by molar-refractivity contribution is 0.163. The first kappa shape index (κ1) is 14.7. The third-order valence-electron chi connectivity index (χ3n) is 6.14. The molecule has 1 aliphatic carbocycles. The largest absolute Gasteiger partial charge is 0.465 e. The zero-order chi connectivity index (χ0) is 14.5. The predicted octanol–water partition coefficient (Wildman–Crippen LogP) is 3.77. The number of rotatable bonds is 2. The van der Waals surface area contributed by atoms with E-state index in [0.29, 0.717) is 23.5 Å². The molecule has 4 atom stereocenters. The Morgan fingerprint density at radius 1 is 1.30 bits per heavy atom. The van der Waals surface area contributed by atoms with Crippen molar-refractivity contribution in [1.82, 2.24) is 4.90 Å². The summed E-state index contributed by atoms with van der Waals surface area (Å²) in [6.45, 7) is 9.30. The summed E-state index contributed by atoms with van der Waals surface area (Å²) in [5, 5.41) is 1.39. The summed E-state index contributed by atoms with van der Waals surface area (Å²) in [4.78, 5) is 2.37. The summed E-state index contributed by atoms with van der Waals surface area (Å²) in [5.74, 6) is 1.70. The average Bonchev–Trinajstić information content (AvgIpc) is 2.94. The first-order valence-corrected chi connectivity index (χ1v) is 8.85. The van der Waals surface area contributed by atoms with Crippen LogP contribution >= 0.6 is 12.2 Å². The molecular formula is C16H28BNOS. The van der Waals surface area contributed by atoms with E-state index in [0.717, 1.165) is 16.9 Å². The van der Waals surface area contributed by atoms with E-state index in [2.05, 4.69) is 32.6 Å². The minimum atomic E-state index is 0.355. The van der Waals surface area contributed by atoms with Crippen molar-refractivity contribution in [3.63, 3.8) is 0 Å². The predicted molar refractivity (Wildman–Crippen MR) is 89.7 cm³/mol. The zero-order valence-corrected chi connectivity index (χ0v) is 14.2. The standard InChI is InChI=1S/C16H28BNOS/c1-10(2)16-8-6-5-7-12-13(9-14(16)17-16)19-15(20)18(12)11(3)4/h10-14,17H,5-9H2,1-4H3. The highest BCUT2D eigenvalue weighted by Gasteiger charge is 2.58. The quantitative estimate of drug-likeness (QED) is 0.568. The molecule has 112 valence electrons. The van der Waals surface area contributed by atoms with Gasteiger partial charge in [0.05, 0.1) is 6.04 Å². The topological polar surface area (TPSA) is 12.5 Å². The Hall–Kier alpha value is -0.245. The van der Waals surface area contributed by atoms with Crippen LogP contribution in [0.15, 0.2) is 0 Å². The molecule has 20 heavy (non-hydrogen) atoms. The SMILES string of the molecule is CC(C)N1C(=S)OC2CC3BC3(C(C)C)CCCCC21. The second kappa shape index (κ2) is 5.19. The lowest BCUT2D eigenvalue weighted by Crippen LogP contribution is -2.41. The van der Waals surface area contributed by atoms with Crippen LogP contribution in [-0.2, 0) is 4.74 Å². The van der Waals surface area contributed by atoms with Crippen LogP contribution in [0.4, 0.5) is 0 Å². The molecule has 0 aromatic rings. The molecule has 2 nitrogen and oxygen atoms in total. The molecule has 4 unspecified atom stereocenters. The number of hydrogen-bond acceptors (Lipinski definition) is 2. The third-order valence-corrected chi connectivity index (χ3v) is 6.45. The minimum absolute atomic E-state index is 0.355. The number of hydrogen-bond donors (Lipinski definition) is 0. The van der Waals surface area contributed by atoms with Crippen LogP contribution in [0.5, 0.6) is 0 Å². The van der Waals surface area contributed by atoms with E-state index in [9.17, 15) is 0 Å². The number of nitrogens with zero attached hydrogens (tertiary/aromatic N) is 1. The Kier molecular flexibility index (Phi) is 3.81. The number of ether oxygens (including phenoxy) is 1. The van der Waals surface area contributed by atoms with Gasteiger partial charge in [-0.15, -0.1) is 0 Å². The average molecular weight is 293 g/mol. The van der Waals surface area contributed by atoms with Crippen LogP contribution in [0.3, 0.4) is 0 Å². The lowest BCUT2D eigenvalue weighted by Gasteiger charge is -2.29. The highest BCUT2D eigenvalue weighted by molar-refractivity contribution is 7.80. The summed E-state index contributed by atoms with van der Waals surface area (Å²) >= 11 is 5.49. The highest BCUT2D eigenvalue weighted by atomic mass is 32.1. The Bertz CT molecular complexity index is 400. The molecular weight excluding hydrogens is 265 g/mol. The molecule has 2 saturated heterocycles. The van der Waals surface area contributed by atoms with E-state index >= 15 is 0 Å². The van der Waals surface area contributed by atoms with Gasteiger partial charge in [0.2, 0.25) is 0 Å². The molecule has 0 aromatic heterocycles. The molecule has 0 N–H and O–H groups in total. The molecule has 0 spiro atoms. The van der Waals surface area contributed by atoms with E-state index in [1.54, 1.807) is 0 Å². The molecule has 3 aliphatic rings. The van der Waals surface area contributed by atoms with Gasteiger partial charge in [-0.3, -0.25) is 0 Å². The van der Waals surface area contributed by atoms with Crippen LogP contribution < -0.4 is 0 Å².